The normalized spacial score (nSPS) is 22.5. The van der Waals surface area contributed by atoms with Crippen LogP contribution in [0.5, 0.6) is 11.5 Å². The van der Waals surface area contributed by atoms with Crippen LogP contribution >= 0.6 is 11.3 Å². The maximum Gasteiger partial charge on any atom is 0.312 e. The maximum atomic E-state index is 13.1. The topological polar surface area (TPSA) is 72.9 Å². The number of thiophene rings is 1. The number of nitrogens with zero attached hydrogens (tertiary/aromatic N) is 1. The van der Waals surface area contributed by atoms with Crippen molar-refractivity contribution >= 4 is 29.0 Å². The van der Waals surface area contributed by atoms with Crippen LogP contribution in [0.4, 0.5) is 0 Å². The summed E-state index contributed by atoms with van der Waals surface area (Å²) in [7, 11) is 0. The van der Waals surface area contributed by atoms with Gasteiger partial charge >= 0.3 is 5.97 Å². The minimum atomic E-state index is -0.605. The molecule has 0 unspecified atom stereocenters. The molecule has 1 amide bonds. The lowest BCUT2D eigenvalue weighted by Gasteiger charge is -2.45. The van der Waals surface area contributed by atoms with Crippen molar-refractivity contribution in [1.29, 1.82) is 0 Å². The molecule has 0 radical (unpaired) electrons. The molecule has 0 bridgehead atoms. The lowest BCUT2D eigenvalue weighted by atomic mass is 9.79. The molecule has 1 atom stereocenters. The van der Waals surface area contributed by atoms with Crippen LogP contribution in [-0.4, -0.2) is 41.3 Å². The van der Waals surface area contributed by atoms with E-state index in [0.29, 0.717) is 49.4 Å². The molecule has 150 valence electrons. The highest BCUT2D eigenvalue weighted by atomic mass is 32.1. The van der Waals surface area contributed by atoms with Gasteiger partial charge in [0.1, 0.15) is 17.1 Å². The van der Waals surface area contributed by atoms with Gasteiger partial charge in [0.25, 0.3) is 0 Å². The second-order valence-corrected chi connectivity index (χ2v) is 8.81. The van der Waals surface area contributed by atoms with E-state index in [4.69, 9.17) is 9.47 Å². The van der Waals surface area contributed by atoms with Crippen LogP contribution in [0.1, 0.15) is 60.0 Å². The SMILES string of the molecule is CC(=O)N1CCC2(CC1)CC(=O)c1ccc3c(c1O2)[C@H](c1ccsc1)CC(=O)O3. The zero-order valence-corrected chi connectivity index (χ0v) is 16.9. The summed E-state index contributed by atoms with van der Waals surface area (Å²) in [5.74, 6) is 0.657. The van der Waals surface area contributed by atoms with Gasteiger partial charge in [-0.1, -0.05) is 0 Å². The fraction of sp³-hybridized carbons (Fsp3) is 0.409. The molecular weight excluding hydrogens is 390 g/mol. The van der Waals surface area contributed by atoms with Crippen molar-refractivity contribution in [2.45, 2.75) is 44.1 Å². The van der Waals surface area contributed by atoms with E-state index >= 15 is 0 Å². The molecule has 1 spiro atoms. The van der Waals surface area contributed by atoms with Gasteiger partial charge in [-0.05, 0) is 34.5 Å². The van der Waals surface area contributed by atoms with Gasteiger partial charge in [-0.2, -0.15) is 11.3 Å². The fourth-order valence-corrected chi connectivity index (χ4v) is 5.38. The number of amides is 1. The summed E-state index contributed by atoms with van der Waals surface area (Å²) in [6, 6.07) is 5.42. The Balaban J connectivity index is 1.57. The molecule has 3 aliphatic rings. The Hall–Kier alpha value is -2.67. The Kier molecular flexibility index (Phi) is 4.24. The second kappa shape index (κ2) is 6.69. The maximum absolute atomic E-state index is 13.1. The molecule has 5 rings (SSSR count). The first-order valence-electron chi connectivity index (χ1n) is 9.83. The minimum absolute atomic E-state index is 0.0456. The van der Waals surface area contributed by atoms with E-state index < -0.39 is 5.60 Å². The van der Waals surface area contributed by atoms with Gasteiger partial charge in [0.15, 0.2) is 5.78 Å². The highest BCUT2D eigenvalue weighted by molar-refractivity contribution is 7.08. The third kappa shape index (κ3) is 3.04. The Bertz CT molecular complexity index is 1000. The molecule has 2 aromatic rings. The van der Waals surface area contributed by atoms with Gasteiger partial charge in [0, 0.05) is 44.3 Å². The quantitative estimate of drug-likeness (QED) is 0.530. The fourth-order valence-electron chi connectivity index (χ4n) is 4.67. The summed E-state index contributed by atoms with van der Waals surface area (Å²) >= 11 is 1.57. The van der Waals surface area contributed by atoms with Crippen LogP contribution in [-0.2, 0) is 9.59 Å². The number of rotatable bonds is 1. The summed E-state index contributed by atoms with van der Waals surface area (Å²) < 4.78 is 12.1. The van der Waals surface area contributed by atoms with Crippen molar-refractivity contribution < 1.29 is 23.9 Å². The Morgan fingerprint density at radius 1 is 1.21 bits per heavy atom. The summed E-state index contributed by atoms with van der Waals surface area (Å²) in [5, 5.41) is 4.01. The highest BCUT2D eigenvalue weighted by Crippen LogP contribution is 2.50. The van der Waals surface area contributed by atoms with Gasteiger partial charge in [0.2, 0.25) is 5.91 Å². The number of ether oxygens (including phenoxy) is 2. The molecule has 1 aromatic carbocycles. The summed E-state index contributed by atoms with van der Waals surface area (Å²) in [4.78, 5) is 38.7. The second-order valence-electron chi connectivity index (χ2n) is 8.03. The number of benzene rings is 1. The average Bonchev–Trinajstić information content (AvgIpc) is 3.22. The number of fused-ring (bicyclic) bond motifs is 3. The average molecular weight is 411 g/mol. The number of piperidine rings is 1. The van der Waals surface area contributed by atoms with Crippen molar-refractivity contribution in [2.24, 2.45) is 0 Å². The van der Waals surface area contributed by atoms with Crippen LogP contribution < -0.4 is 9.47 Å². The highest BCUT2D eigenvalue weighted by Gasteiger charge is 2.46. The lowest BCUT2D eigenvalue weighted by molar-refractivity contribution is -0.135. The smallest absolute Gasteiger partial charge is 0.312 e. The van der Waals surface area contributed by atoms with Crippen molar-refractivity contribution in [3.8, 4) is 11.5 Å². The number of Topliss-reactive ketones (excluding diaryl/α,β-unsaturated/α-hetero) is 1. The van der Waals surface area contributed by atoms with E-state index in [0.717, 1.165) is 11.1 Å². The zero-order valence-electron chi connectivity index (χ0n) is 16.1. The van der Waals surface area contributed by atoms with E-state index in [-0.39, 0.29) is 30.0 Å². The van der Waals surface area contributed by atoms with E-state index in [1.54, 1.807) is 35.3 Å². The molecule has 4 heterocycles. The molecule has 0 N–H and O–H groups in total. The van der Waals surface area contributed by atoms with Crippen molar-refractivity contribution in [1.82, 2.24) is 4.90 Å². The first-order valence-corrected chi connectivity index (χ1v) is 10.8. The molecule has 3 aliphatic heterocycles. The lowest BCUT2D eigenvalue weighted by Crippen LogP contribution is -2.52. The summed E-state index contributed by atoms with van der Waals surface area (Å²) in [6.07, 6.45) is 1.77. The zero-order chi connectivity index (χ0) is 20.2. The Morgan fingerprint density at radius 3 is 2.69 bits per heavy atom. The molecule has 0 aliphatic carbocycles. The minimum Gasteiger partial charge on any atom is -0.485 e. The number of likely N-dealkylation sites (tertiary alicyclic amines) is 1. The molecule has 29 heavy (non-hydrogen) atoms. The van der Waals surface area contributed by atoms with Crippen LogP contribution in [0.3, 0.4) is 0 Å². The summed E-state index contributed by atoms with van der Waals surface area (Å²) in [6.45, 7) is 2.72. The van der Waals surface area contributed by atoms with E-state index in [1.807, 2.05) is 16.8 Å². The van der Waals surface area contributed by atoms with Gasteiger partial charge in [-0.3, -0.25) is 14.4 Å². The monoisotopic (exact) mass is 411 g/mol. The van der Waals surface area contributed by atoms with Crippen molar-refractivity contribution in [3.63, 3.8) is 0 Å². The Labute approximate surface area is 172 Å². The number of esters is 1. The van der Waals surface area contributed by atoms with Gasteiger partial charge in [-0.15, -0.1) is 0 Å². The van der Waals surface area contributed by atoms with Crippen molar-refractivity contribution in [3.05, 3.63) is 45.6 Å². The predicted octanol–water partition coefficient (Wildman–Crippen LogP) is 3.54. The van der Waals surface area contributed by atoms with E-state index in [1.165, 1.54) is 0 Å². The largest absolute Gasteiger partial charge is 0.485 e. The van der Waals surface area contributed by atoms with Crippen LogP contribution in [0.15, 0.2) is 29.0 Å². The van der Waals surface area contributed by atoms with Crippen LogP contribution in [0, 0.1) is 0 Å². The predicted molar refractivity (Wildman–Crippen MR) is 107 cm³/mol. The molecule has 7 heteroatoms. The third-order valence-electron chi connectivity index (χ3n) is 6.27. The molecule has 1 saturated heterocycles. The number of hydrogen-bond acceptors (Lipinski definition) is 6. The summed E-state index contributed by atoms with van der Waals surface area (Å²) in [5.41, 5.74) is 1.78. The van der Waals surface area contributed by atoms with E-state index in [2.05, 4.69) is 0 Å². The van der Waals surface area contributed by atoms with Gasteiger partial charge in [0.05, 0.1) is 18.4 Å². The van der Waals surface area contributed by atoms with E-state index in [9.17, 15) is 14.4 Å². The number of ketones is 1. The van der Waals surface area contributed by atoms with Gasteiger partial charge < -0.3 is 14.4 Å². The van der Waals surface area contributed by atoms with Gasteiger partial charge in [-0.25, -0.2) is 0 Å². The number of carbonyl (C=O) groups excluding carboxylic acids is 3. The molecular formula is C22H21NO5S. The first-order chi connectivity index (χ1) is 14.0. The van der Waals surface area contributed by atoms with Crippen LogP contribution in [0.2, 0.25) is 0 Å². The van der Waals surface area contributed by atoms with Crippen molar-refractivity contribution in [2.75, 3.05) is 13.1 Å². The third-order valence-corrected chi connectivity index (χ3v) is 6.97. The standard InChI is InChI=1S/C22H21NO5S/c1-13(24)23-7-5-22(6-8-23)11-17(25)15-2-3-18-20(21(15)28-22)16(10-19(26)27-18)14-4-9-29-12-14/h2-4,9,12,16H,5-8,10-11H2,1H3/t16-/m0/s1. The van der Waals surface area contributed by atoms with Crippen LogP contribution in [0.25, 0.3) is 0 Å². The Morgan fingerprint density at radius 2 is 2.00 bits per heavy atom. The molecule has 1 fully saturated rings. The number of hydrogen-bond donors (Lipinski definition) is 0. The molecule has 1 aromatic heterocycles. The number of carbonyl (C=O) groups is 3. The molecule has 0 saturated carbocycles. The molecule has 6 nitrogen and oxygen atoms in total. The first kappa shape index (κ1) is 18.4.